The Labute approximate surface area is 110 Å². The van der Waals surface area contributed by atoms with Gasteiger partial charge < -0.3 is 5.32 Å². The summed E-state index contributed by atoms with van der Waals surface area (Å²) >= 11 is 10.8. The topological polar surface area (TPSA) is 12.0 Å². The molecule has 5 heteroatoms. The average molecular weight is 321 g/mol. The third-order valence-electron chi connectivity index (χ3n) is 1.96. The van der Waals surface area contributed by atoms with Crippen molar-refractivity contribution in [2.75, 3.05) is 5.32 Å². The minimum atomic E-state index is -0.331. The van der Waals surface area contributed by atoms with Gasteiger partial charge in [0.25, 0.3) is 0 Å². The first-order chi connectivity index (χ1) is 7.63. The molecule has 0 aliphatic carbocycles. The lowest BCUT2D eigenvalue weighted by molar-refractivity contribution is 0.628. The Hall–Kier alpha value is -0.580. The molecule has 1 heterocycles. The third kappa shape index (κ3) is 3.20. The van der Waals surface area contributed by atoms with Crippen LogP contribution < -0.4 is 5.32 Å². The predicted molar refractivity (Wildman–Crippen MR) is 70.8 cm³/mol. The monoisotopic (exact) mass is 319 g/mol. The molecule has 0 spiro atoms. The standard InChI is InChI=1S/C11H8BrClFNS/c12-11-2-1-10(16-11)6-15-9-4-7(13)3-8(14)5-9/h1-5,15H,6H2. The van der Waals surface area contributed by atoms with Gasteiger partial charge in [-0.25, -0.2) is 4.39 Å². The fraction of sp³-hybridized carbons (Fsp3) is 0.0909. The van der Waals surface area contributed by atoms with Gasteiger partial charge in [0.1, 0.15) is 5.82 Å². The zero-order chi connectivity index (χ0) is 11.5. The maximum absolute atomic E-state index is 13.0. The molecule has 1 aromatic heterocycles. The molecule has 0 saturated heterocycles. The smallest absolute Gasteiger partial charge is 0.126 e. The van der Waals surface area contributed by atoms with Crippen LogP contribution in [-0.2, 0) is 6.54 Å². The molecule has 0 amide bonds. The van der Waals surface area contributed by atoms with Crippen LogP contribution in [0.2, 0.25) is 5.02 Å². The summed E-state index contributed by atoms with van der Waals surface area (Å²) in [6.45, 7) is 0.663. The summed E-state index contributed by atoms with van der Waals surface area (Å²) in [5, 5.41) is 3.52. The van der Waals surface area contributed by atoms with Crippen molar-refractivity contribution < 1.29 is 4.39 Å². The molecule has 0 fully saturated rings. The summed E-state index contributed by atoms with van der Waals surface area (Å²) in [7, 11) is 0. The van der Waals surface area contributed by atoms with E-state index in [1.807, 2.05) is 12.1 Å². The van der Waals surface area contributed by atoms with Crippen LogP contribution in [-0.4, -0.2) is 0 Å². The first-order valence-electron chi connectivity index (χ1n) is 4.58. The zero-order valence-corrected chi connectivity index (χ0v) is 11.3. The molecule has 0 aliphatic rings. The quantitative estimate of drug-likeness (QED) is 0.847. The molecule has 1 nitrogen and oxygen atoms in total. The van der Waals surface area contributed by atoms with Gasteiger partial charge in [-0.15, -0.1) is 11.3 Å². The summed E-state index contributed by atoms with van der Waals surface area (Å²) < 4.78 is 14.1. The molecular weight excluding hydrogens is 313 g/mol. The molecule has 84 valence electrons. The first kappa shape index (κ1) is 11.9. The molecule has 2 rings (SSSR count). The van der Waals surface area contributed by atoms with E-state index >= 15 is 0 Å². The van der Waals surface area contributed by atoms with Crippen molar-refractivity contribution in [3.8, 4) is 0 Å². The van der Waals surface area contributed by atoms with E-state index in [2.05, 4.69) is 21.2 Å². The van der Waals surface area contributed by atoms with Crippen molar-refractivity contribution in [2.45, 2.75) is 6.54 Å². The van der Waals surface area contributed by atoms with E-state index in [1.54, 1.807) is 17.4 Å². The molecule has 0 aliphatic heterocycles. The molecule has 16 heavy (non-hydrogen) atoms. The van der Waals surface area contributed by atoms with Crippen LogP contribution in [0.5, 0.6) is 0 Å². The summed E-state index contributed by atoms with van der Waals surface area (Å²) in [6, 6.07) is 8.42. The molecule has 2 aromatic rings. The predicted octanol–water partition coefficient (Wildman–Crippen LogP) is 4.92. The summed E-state index contributed by atoms with van der Waals surface area (Å²) in [4.78, 5) is 1.17. The van der Waals surface area contributed by atoms with E-state index in [0.29, 0.717) is 17.3 Å². The number of anilines is 1. The second-order valence-electron chi connectivity index (χ2n) is 3.22. The molecule has 1 aromatic carbocycles. The Morgan fingerprint density at radius 3 is 2.75 bits per heavy atom. The number of benzene rings is 1. The molecule has 0 unspecified atom stereocenters. The molecule has 0 radical (unpaired) electrons. The Balaban J connectivity index is 2.04. The number of thiophene rings is 1. The Bertz CT molecular complexity index is 480. The number of hydrogen-bond donors (Lipinski definition) is 1. The molecule has 0 saturated carbocycles. The molecule has 0 atom stereocenters. The molecule has 0 bridgehead atoms. The van der Waals surface area contributed by atoms with Gasteiger partial charge in [0, 0.05) is 22.1 Å². The summed E-state index contributed by atoms with van der Waals surface area (Å²) in [6.07, 6.45) is 0. The first-order valence-corrected chi connectivity index (χ1v) is 6.56. The number of rotatable bonds is 3. The maximum atomic E-state index is 13.0. The van der Waals surface area contributed by atoms with Gasteiger partial charge in [0.2, 0.25) is 0 Å². The van der Waals surface area contributed by atoms with Crippen LogP contribution in [0.25, 0.3) is 0 Å². The van der Waals surface area contributed by atoms with E-state index in [1.165, 1.54) is 17.0 Å². The summed E-state index contributed by atoms with van der Waals surface area (Å²) in [5.41, 5.74) is 0.689. The number of halogens is 3. The van der Waals surface area contributed by atoms with Crippen molar-refractivity contribution in [1.29, 1.82) is 0 Å². The van der Waals surface area contributed by atoms with E-state index < -0.39 is 0 Å². The highest BCUT2D eigenvalue weighted by molar-refractivity contribution is 9.11. The van der Waals surface area contributed by atoms with Crippen molar-refractivity contribution in [3.63, 3.8) is 0 Å². The highest BCUT2D eigenvalue weighted by Crippen LogP contribution is 2.24. The second kappa shape index (κ2) is 5.17. The van der Waals surface area contributed by atoms with Crippen LogP contribution >= 0.6 is 38.9 Å². The van der Waals surface area contributed by atoms with Crippen molar-refractivity contribution in [2.24, 2.45) is 0 Å². The van der Waals surface area contributed by atoms with Crippen molar-refractivity contribution in [1.82, 2.24) is 0 Å². The lowest BCUT2D eigenvalue weighted by Crippen LogP contribution is -1.97. The highest BCUT2D eigenvalue weighted by Gasteiger charge is 2.01. The minimum Gasteiger partial charge on any atom is -0.380 e. The fourth-order valence-electron chi connectivity index (χ4n) is 1.29. The largest absolute Gasteiger partial charge is 0.380 e. The second-order valence-corrected chi connectivity index (χ2v) is 6.20. The highest BCUT2D eigenvalue weighted by atomic mass is 79.9. The number of nitrogens with one attached hydrogen (secondary N) is 1. The maximum Gasteiger partial charge on any atom is 0.126 e. The lowest BCUT2D eigenvalue weighted by atomic mass is 10.3. The Kier molecular flexibility index (Phi) is 3.84. The van der Waals surface area contributed by atoms with Gasteiger partial charge in [-0.05, 0) is 46.3 Å². The normalized spacial score (nSPS) is 10.4. The van der Waals surface area contributed by atoms with Gasteiger partial charge in [-0.2, -0.15) is 0 Å². The van der Waals surface area contributed by atoms with Gasteiger partial charge in [0.15, 0.2) is 0 Å². The van der Waals surface area contributed by atoms with Crippen molar-refractivity contribution >= 4 is 44.6 Å². The van der Waals surface area contributed by atoms with Gasteiger partial charge >= 0.3 is 0 Å². The number of hydrogen-bond acceptors (Lipinski definition) is 2. The van der Waals surface area contributed by atoms with Crippen molar-refractivity contribution in [3.05, 3.63) is 49.8 Å². The van der Waals surface area contributed by atoms with E-state index in [0.717, 1.165) is 3.79 Å². The zero-order valence-electron chi connectivity index (χ0n) is 8.14. The third-order valence-corrected chi connectivity index (χ3v) is 3.80. The Morgan fingerprint density at radius 1 is 1.31 bits per heavy atom. The van der Waals surface area contributed by atoms with Crippen LogP contribution in [0.3, 0.4) is 0 Å². The van der Waals surface area contributed by atoms with E-state index in [4.69, 9.17) is 11.6 Å². The SMILES string of the molecule is Fc1cc(Cl)cc(NCc2ccc(Br)s2)c1. The Morgan fingerprint density at radius 2 is 2.12 bits per heavy atom. The van der Waals surface area contributed by atoms with Gasteiger partial charge in [-0.1, -0.05) is 11.6 Å². The molecular formula is C11H8BrClFNS. The van der Waals surface area contributed by atoms with Crippen LogP contribution in [0.4, 0.5) is 10.1 Å². The lowest BCUT2D eigenvalue weighted by Gasteiger charge is -2.05. The molecule has 1 N–H and O–H groups in total. The minimum absolute atomic E-state index is 0.331. The van der Waals surface area contributed by atoms with Gasteiger partial charge in [-0.3, -0.25) is 0 Å². The summed E-state index contributed by atoms with van der Waals surface area (Å²) in [5.74, 6) is -0.331. The van der Waals surface area contributed by atoms with E-state index in [-0.39, 0.29) is 5.82 Å². The van der Waals surface area contributed by atoms with E-state index in [9.17, 15) is 4.39 Å². The van der Waals surface area contributed by atoms with Gasteiger partial charge in [0.05, 0.1) is 3.79 Å². The fourth-order valence-corrected chi connectivity index (χ4v) is 2.94. The van der Waals surface area contributed by atoms with Crippen LogP contribution in [0, 0.1) is 5.82 Å². The van der Waals surface area contributed by atoms with Crippen LogP contribution in [0.15, 0.2) is 34.1 Å². The van der Waals surface area contributed by atoms with Crippen LogP contribution in [0.1, 0.15) is 4.88 Å². The average Bonchev–Trinajstić information content (AvgIpc) is 2.60.